The van der Waals surface area contributed by atoms with E-state index in [0.29, 0.717) is 18.5 Å². The van der Waals surface area contributed by atoms with E-state index in [-0.39, 0.29) is 24.5 Å². The molecule has 5 nitrogen and oxygen atoms in total. The Labute approximate surface area is 214 Å². The van der Waals surface area contributed by atoms with Gasteiger partial charge in [-0.3, -0.25) is 9.59 Å². The molecule has 1 N–H and O–H groups in total. The van der Waals surface area contributed by atoms with Crippen molar-refractivity contribution in [1.82, 2.24) is 4.90 Å². The molecule has 0 radical (unpaired) electrons. The maximum Gasteiger partial charge on any atom is 0.305 e. The topological polar surface area (TPSA) is 66.8 Å². The predicted octanol–water partition coefficient (Wildman–Crippen LogP) is 6.06. The maximum atomic E-state index is 13.4. The second kappa shape index (κ2) is 10.6. The third kappa shape index (κ3) is 6.31. The minimum absolute atomic E-state index is 0.108. The molecule has 6 heteroatoms. The summed E-state index contributed by atoms with van der Waals surface area (Å²) in [6, 6.07) is 21.9. The molecule has 0 saturated carbocycles. The van der Waals surface area contributed by atoms with Gasteiger partial charge in [-0.1, -0.05) is 59.3 Å². The van der Waals surface area contributed by atoms with Gasteiger partial charge in [-0.15, -0.1) is 0 Å². The van der Waals surface area contributed by atoms with Gasteiger partial charge < -0.3 is 14.7 Å². The standard InChI is InChI=1S/C29H30BrNO4/c1-3-20-7-9-21(10-8-20)17-29(2)18-24-16-23(11-12-26(24)35-29)28(34)31(14-13-27(32)33)19-22-5-4-6-25(30)15-22/h4-12,15-16H,3,13-14,17-19H2,1-2H3,(H,32,33). The number of benzene rings is 3. The van der Waals surface area contributed by atoms with Crippen LogP contribution in [0.2, 0.25) is 0 Å². The normalized spacial score (nSPS) is 16.4. The molecular weight excluding hydrogens is 506 g/mol. The molecule has 0 aliphatic carbocycles. The Morgan fingerprint density at radius 1 is 1.03 bits per heavy atom. The van der Waals surface area contributed by atoms with Crippen molar-refractivity contribution in [1.29, 1.82) is 0 Å². The van der Waals surface area contributed by atoms with Crippen LogP contribution >= 0.6 is 15.9 Å². The Kier molecular flexibility index (Phi) is 7.60. The summed E-state index contributed by atoms with van der Waals surface area (Å²) in [5, 5.41) is 9.20. The minimum Gasteiger partial charge on any atom is -0.487 e. The number of carbonyl (C=O) groups excluding carboxylic acids is 1. The van der Waals surface area contributed by atoms with Crippen molar-refractivity contribution in [3.63, 3.8) is 0 Å². The van der Waals surface area contributed by atoms with E-state index >= 15 is 0 Å². The smallest absolute Gasteiger partial charge is 0.305 e. The fraction of sp³-hybridized carbons (Fsp3) is 0.310. The first-order valence-corrected chi connectivity index (χ1v) is 12.7. The molecule has 0 aromatic heterocycles. The van der Waals surface area contributed by atoms with Crippen LogP contribution in [-0.4, -0.2) is 34.0 Å². The van der Waals surface area contributed by atoms with E-state index < -0.39 is 5.97 Å². The van der Waals surface area contributed by atoms with E-state index in [0.717, 1.165) is 34.2 Å². The summed E-state index contributed by atoms with van der Waals surface area (Å²) < 4.78 is 7.25. The molecule has 0 bridgehead atoms. The van der Waals surface area contributed by atoms with Crippen molar-refractivity contribution >= 4 is 27.8 Å². The molecule has 35 heavy (non-hydrogen) atoms. The molecule has 1 amide bonds. The van der Waals surface area contributed by atoms with Crippen molar-refractivity contribution in [3.05, 3.63) is 99.0 Å². The average Bonchev–Trinajstić information content (AvgIpc) is 3.16. The Bertz CT molecular complexity index is 1220. The number of fused-ring (bicyclic) bond motifs is 1. The summed E-state index contributed by atoms with van der Waals surface area (Å²) in [5.41, 5.74) is 4.64. The number of nitrogens with zero attached hydrogens (tertiary/aromatic N) is 1. The maximum absolute atomic E-state index is 13.4. The van der Waals surface area contributed by atoms with Gasteiger partial charge in [0.2, 0.25) is 0 Å². The molecule has 3 aromatic rings. The number of carboxylic acids is 1. The largest absolute Gasteiger partial charge is 0.487 e. The minimum atomic E-state index is -0.929. The quantitative estimate of drug-likeness (QED) is 0.361. The Morgan fingerprint density at radius 3 is 2.46 bits per heavy atom. The number of amides is 1. The van der Waals surface area contributed by atoms with Gasteiger partial charge in [0.1, 0.15) is 11.4 Å². The van der Waals surface area contributed by atoms with E-state index in [9.17, 15) is 14.7 Å². The van der Waals surface area contributed by atoms with Gasteiger partial charge in [0, 0.05) is 36.0 Å². The van der Waals surface area contributed by atoms with Gasteiger partial charge in [0.25, 0.3) is 5.91 Å². The molecule has 1 aliphatic rings. The SMILES string of the molecule is CCc1ccc(CC2(C)Cc3cc(C(=O)N(CCC(=O)O)Cc4cccc(Br)c4)ccc3O2)cc1. The molecule has 1 heterocycles. The van der Waals surface area contributed by atoms with Crippen molar-refractivity contribution in [2.75, 3.05) is 6.54 Å². The average molecular weight is 536 g/mol. The molecule has 3 aromatic carbocycles. The first-order valence-electron chi connectivity index (χ1n) is 11.9. The zero-order valence-corrected chi connectivity index (χ0v) is 21.7. The van der Waals surface area contributed by atoms with Crippen molar-refractivity contribution in [2.45, 2.75) is 51.7 Å². The molecule has 4 rings (SSSR count). The summed E-state index contributed by atoms with van der Waals surface area (Å²) in [6.07, 6.45) is 2.40. The molecule has 0 fully saturated rings. The fourth-order valence-corrected chi connectivity index (χ4v) is 5.05. The highest BCUT2D eigenvalue weighted by atomic mass is 79.9. The van der Waals surface area contributed by atoms with E-state index in [1.165, 1.54) is 11.1 Å². The molecule has 1 unspecified atom stereocenters. The number of aryl methyl sites for hydroxylation is 1. The highest BCUT2D eigenvalue weighted by Crippen LogP contribution is 2.37. The van der Waals surface area contributed by atoms with Crippen LogP contribution in [0.25, 0.3) is 0 Å². The number of halogens is 1. The Balaban J connectivity index is 1.51. The lowest BCUT2D eigenvalue weighted by Crippen LogP contribution is -2.33. The summed E-state index contributed by atoms with van der Waals surface area (Å²) in [5.74, 6) is -0.307. The molecule has 1 aliphatic heterocycles. The number of ether oxygens (including phenoxy) is 1. The molecule has 182 valence electrons. The van der Waals surface area contributed by atoms with Gasteiger partial charge in [0.15, 0.2) is 0 Å². The number of carboxylic acid groups (broad SMARTS) is 1. The molecule has 0 saturated heterocycles. The van der Waals surface area contributed by atoms with Crippen LogP contribution in [0.15, 0.2) is 71.2 Å². The molecular formula is C29H30BrNO4. The Hall–Kier alpha value is -3.12. The number of hydrogen-bond acceptors (Lipinski definition) is 3. The van der Waals surface area contributed by atoms with Crippen LogP contribution in [0.5, 0.6) is 5.75 Å². The van der Waals surface area contributed by atoms with Gasteiger partial charge in [-0.2, -0.15) is 0 Å². The Morgan fingerprint density at radius 2 is 1.77 bits per heavy atom. The summed E-state index contributed by atoms with van der Waals surface area (Å²) in [4.78, 5) is 26.3. The number of rotatable bonds is 9. The van der Waals surface area contributed by atoms with Crippen molar-refractivity contribution < 1.29 is 19.4 Å². The summed E-state index contributed by atoms with van der Waals surface area (Å²) >= 11 is 3.46. The lowest BCUT2D eigenvalue weighted by molar-refractivity contribution is -0.137. The lowest BCUT2D eigenvalue weighted by atomic mass is 9.91. The summed E-state index contributed by atoms with van der Waals surface area (Å²) in [7, 11) is 0. The molecule has 1 atom stereocenters. The third-order valence-corrected chi connectivity index (χ3v) is 6.88. The van der Waals surface area contributed by atoms with Gasteiger partial charge in [-0.25, -0.2) is 0 Å². The zero-order valence-electron chi connectivity index (χ0n) is 20.1. The van der Waals surface area contributed by atoms with Crippen molar-refractivity contribution in [3.8, 4) is 5.75 Å². The van der Waals surface area contributed by atoms with E-state index in [2.05, 4.69) is 54.0 Å². The predicted molar refractivity (Wildman–Crippen MR) is 140 cm³/mol. The monoisotopic (exact) mass is 535 g/mol. The van der Waals surface area contributed by atoms with E-state index in [1.807, 2.05) is 36.4 Å². The lowest BCUT2D eigenvalue weighted by Gasteiger charge is -2.24. The van der Waals surface area contributed by atoms with Crippen LogP contribution < -0.4 is 4.74 Å². The van der Waals surface area contributed by atoms with Gasteiger partial charge in [0.05, 0.1) is 6.42 Å². The van der Waals surface area contributed by atoms with Crippen LogP contribution in [0.3, 0.4) is 0 Å². The third-order valence-electron chi connectivity index (χ3n) is 6.38. The highest BCUT2D eigenvalue weighted by molar-refractivity contribution is 9.10. The number of carbonyl (C=O) groups is 2. The van der Waals surface area contributed by atoms with Crippen LogP contribution in [0.4, 0.5) is 0 Å². The highest BCUT2D eigenvalue weighted by Gasteiger charge is 2.35. The second-order valence-electron chi connectivity index (χ2n) is 9.40. The van der Waals surface area contributed by atoms with E-state index in [1.54, 1.807) is 11.0 Å². The fourth-order valence-electron chi connectivity index (χ4n) is 4.60. The van der Waals surface area contributed by atoms with Crippen molar-refractivity contribution in [2.24, 2.45) is 0 Å². The van der Waals surface area contributed by atoms with Crippen LogP contribution in [-0.2, 0) is 30.6 Å². The number of aliphatic carboxylic acids is 1. The second-order valence-corrected chi connectivity index (χ2v) is 10.3. The number of hydrogen-bond donors (Lipinski definition) is 1. The van der Waals surface area contributed by atoms with Gasteiger partial charge >= 0.3 is 5.97 Å². The van der Waals surface area contributed by atoms with Gasteiger partial charge in [-0.05, 0) is 65.9 Å². The van der Waals surface area contributed by atoms with E-state index in [4.69, 9.17) is 4.74 Å². The van der Waals surface area contributed by atoms with Crippen LogP contribution in [0.1, 0.15) is 52.9 Å². The molecule has 0 spiro atoms. The van der Waals surface area contributed by atoms with Crippen LogP contribution in [0, 0.1) is 0 Å². The first-order chi connectivity index (χ1) is 16.7. The summed E-state index contributed by atoms with van der Waals surface area (Å²) in [6.45, 7) is 4.73. The zero-order chi connectivity index (χ0) is 25.0. The first kappa shape index (κ1) is 25.0.